The average molecular weight is 468 g/mol. The molecular formula is C22H23F3N2O4S. The van der Waals surface area contributed by atoms with Gasteiger partial charge in [0.25, 0.3) is 5.91 Å². The van der Waals surface area contributed by atoms with Crippen molar-refractivity contribution in [3.8, 4) is 0 Å². The lowest BCUT2D eigenvalue weighted by Crippen LogP contribution is -2.16. The summed E-state index contributed by atoms with van der Waals surface area (Å²) in [6, 6.07) is 5.58. The summed E-state index contributed by atoms with van der Waals surface area (Å²) in [6.45, 7) is 1.30. The maximum Gasteiger partial charge on any atom is 0.416 e. The van der Waals surface area contributed by atoms with E-state index in [0.717, 1.165) is 12.3 Å². The number of aliphatic hydroxyl groups excluding tert-OH is 1. The second kappa shape index (κ2) is 8.95. The van der Waals surface area contributed by atoms with Crippen molar-refractivity contribution in [2.45, 2.75) is 37.4 Å². The number of alkyl halides is 3. The van der Waals surface area contributed by atoms with Crippen molar-refractivity contribution < 1.29 is 31.5 Å². The van der Waals surface area contributed by atoms with Crippen LogP contribution < -0.4 is 5.32 Å². The van der Waals surface area contributed by atoms with Gasteiger partial charge in [0.15, 0.2) is 9.84 Å². The van der Waals surface area contributed by atoms with Gasteiger partial charge in [-0.05, 0) is 55.2 Å². The lowest BCUT2D eigenvalue weighted by Gasteiger charge is -2.21. The molecule has 0 unspecified atom stereocenters. The maximum atomic E-state index is 13.6. The first-order valence-electron chi connectivity index (χ1n) is 9.82. The number of benzene rings is 1. The van der Waals surface area contributed by atoms with Crippen LogP contribution in [0, 0.1) is 6.92 Å². The first kappa shape index (κ1) is 23.8. The number of carbonyl (C=O) groups is 1. The number of rotatable bonds is 6. The van der Waals surface area contributed by atoms with Crippen molar-refractivity contribution in [2.24, 2.45) is 0 Å². The van der Waals surface area contributed by atoms with Crippen molar-refractivity contribution in [3.05, 3.63) is 65.0 Å². The normalized spacial score (nSPS) is 14.7. The Bertz CT molecular complexity index is 1190. The molecule has 0 spiro atoms. The molecule has 0 saturated heterocycles. The Kier molecular flexibility index (Phi) is 6.66. The van der Waals surface area contributed by atoms with Gasteiger partial charge < -0.3 is 15.0 Å². The Balaban J connectivity index is 2.01. The van der Waals surface area contributed by atoms with Gasteiger partial charge in [-0.25, -0.2) is 8.42 Å². The van der Waals surface area contributed by atoms with Crippen molar-refractivity contribution in [2.75, 3.05) is 18.2 Å². The number of allylic oxidation sites excluding steroid dienone is 4. The third-order valence-electron chi connectivity index (χ3n) is 5.22. The molecule has 0 bridgehead atoms. The number of nitrogens with one attached hydrogen (secondary N) is 1. The lowest BCUT2D eigenvalue weighted by molar-refractivity contribution is -0.0879. The van der Waals surface area contributed by atoms with Crippen LogP contribution >= 0.6 is 0 Å². The molecular weight excluding hydrogens is 445 g/mol. The number of hydrogen-bond donors (Lipinski definition) is 2. The molecule has 6 nitrogen and oxygen atoms in total. The highest BCUT2D eigenvalue weighted by Gasteiger charge is 2.37. The predicted octanol–water partition coefficient (Wildman–Crippen LogP) is 4.11. The third kappa shape index (κ3) is 4.97. The van der Waals surface area contributed by atoms with Crippen LogP contribution in [0.5, 0.6) is 0 Å². The molecule has 10 heteroatoms. The molecule has 1 aliphatic rings. The summed E-state index contributed by atoms with van der Waals surface area (Å²) in [5, 5.41) is 12.1. The van der Waals surface area contributed by atoms with Crippen LogP contribution in [-0.2, 0) is 16.4 Å². The van der Waals surface area contributed by atoms with Crippen LogP contribution in [0.3, 0.4) is 0 Å². The van der Waals surface area contributed by atoms with Gasteiger partial charge in [0.05, 0.1) is 22.6 Å². The molecule has 32 heavy (non-hydrogen) atoms. The molecule has 0 fully saturated rings. The number of nitrogens with zero attached hydrogens (tertiary/aromatic N) is 1. The van der Waals surface area contributed by atoms with E-state index < -0.39 is 27.5 Å². The molecule has 2 aromatic rings. The standard InChI is InChI=1S/C22H23F3N2O4S/c1-14-18(21(29)26-15-7-9-16(10-8-15)32(2,30)31)13-27(11-12-28)20(14)17-5-3-4-6-19(17)22(23,24)25/h4,6-10,13,28H,3,5,11-12H2,1-2H3,(H,26,29). The van der Waals surface area contributed by atoms with E-state index in [9.17, 15) is 31.5 Å². The Morgan fingerprint density at radius 1 is 1.22 bits per heavy atom. The molecule has 172 valence electrons. The molecule has 1 aromatic heterocycles. The highest BCUT2D eigenvalue weighted by Crippen LogP contribution is 2.40. The molecule has 0 saturated carbocycles. The lowest BCUT2D eigenvalue weighted by atomic mass is 9.92. The monoisotopic (exact) mass is 468 g/mol. The van der Waals surface area contributed by atoms with E-state index in [2.05, 4.69) is 5.32 Å². The minimum atomic E-state index is -4.54. The highest BCUT2D eigenvalue weighted by atomic mass is 32.2. The second-order valence-electron chi connectivity index (χ2n) is 7.52. The van der Waals surface area contributed by atoms with Crippen molar-refractivity contribution in [1.29, 1.82) is 0 Å². The largest absolute Gasteiger partial charge is 0.416 e. The zero-order valence-electron chi connectivity index (χ0n) is 17.5. The van der Waals surface area contributed by atoms with Crippen molar-refractivity contribution in [1.82, 2.24) is 4.57 Å². The molecule has 0 atom stereocenters. The van der Waals surface area contributed by atoms with Crippen LogP contribution in [0.15, 0.2) is 53.1 Å². The maximum absolute atomic E-state index is 13.6. The minimum absolute atomic E-state index is 0.0326. The predicted molar refractivity (Wildman–Crippen MR) is 115 cm³/mol. The molecule has 2 N–H and O–H groups in total. The van der Waals surface area contributed by atoms with Gasteiger partial charge in [-0.3, -0.25) is 4.79 Å². The van der Waals surface area contributed by atoms with Gasteiger partial charge in [0.1, 0.15) is 0 Å². The van der Waals surface area contributed by atoms with E-state index in [4.69, 9.17) is 0 Å². The van der Waals surface area contributed by atoms with Gasteiger partial charge in [-0.1, -0.05) is 12.2 Å². The van der Waals surface area contributed by atoms with Gasteiger partial charge in [0.2, 0.25) is 0 Å². The van der Waals surface area contributed by atoms with Crippen LogP contribution in [0.2, 0.25) is 0 Å². The minimum Gasteiger partial charge on any atom is -0.395 e. The van der Waals surface area contributed by atoms with Crippen LogP contribution in [-0.4, -0.2) is 43.0 Å². The SMILES string of the molecule is Cc1c(C(=O)Nc2ccc(S(C)(=O)=O)cc2)cn(CCO)c1C1=C(C(F)(F)F)C=CCC1. The summed E-state index contributed by atoms with van der Waals surface area (Å²) >= 11 is 0. The van der Waals surface area contributed by atoms with E-state index >= 15 is 0 Å². The molecule has 1 amide bonds. The van der Waals surface area contributed by atoms with Gasteiger partial charge in [0, 0.05) is 30.4 Å². The first-order chi connectivity index (χ1) is 14.9. The van der Waals surface area contributed by atoms with Crippen LogP contribution in [0.1, 0.15) is 34.5 Å². The smallest absolute Gasteiger partial charge is 0.395 e. The van der Waals surface area contributed by atoms with Gasteiger partial charge in [-0.15, -0.1) is 0 Å². The van der Waals surface area contributed by atoms with Gasteiger partial charge in [-0.2, -0.15) is 13.2 Å². The van der Waals surface area contributed by atoms with E-state index in [1.165, 1.54) is 41.1 Å². The average Bonchev–Trinajstić information content (AvgIpc) is 3.03. The highest BCUT2D eigenvalue weighted by molar-refractivity contribution is 7.90. The summed E-state index contributed by atoms with van der Waals surface area (Å²) in [5.74, 6) is -0.548. The summed E-state index contributed by atoms with van der Waals surface area (Å²) in [7, 11) is -3.39. The summed E-state index contributed by atoms with van der Waals surface area (Å²) < 4.78 is 65.5. The molecule has 1 heterocycles. The number of aliphatic hydroxyl groups is 1. The van der Waals surface area contributed by atoms with E-state index in [1.54, 1.807) is 6.92 Å². The van der Waals surface area contributed by atoms with Crippen molar-refractivity contribution in [3.63, 3.8) is 0 Å². The second-order valence-corrected chi connectivity index (χ2v) is 9.53. The molecule has 0 radical (unpaired) electrons. The Morgan fingerprint density at radius 3 is 2.44 bits per heavy atom. The zero-order valence-corrected chi connectivity index (χ0v) is 18.3. The fourth-order valence-electron chi connectivity index (χ4n) is 3.73. The number of sulfone groups is 1. The Hall–Kier alpha value is -2.85. The fraction of sp³-hybridized carbons (Fsp3) is 0.318. The number of carbonyl (C=O) groups excluding carboxylic acids is 1. The molecule has 0 aliphatic heterocycles. The number of anilines is 1. The zero-order chi connectivity index (χ0) is 23.7. The third-order valence-corrected chi connectivity index (χ3v) is 6.35. The van der Waals surface area contributed by atoms with Gasteiger partial charge >= 0.3 is 6.18 Å². The quantitative estimate of drug-likeness (QED) is 0.668. The summed E-state index contributed by atoms with van der Waals surface area (Å²) in [4.78, 5) is 13.0. The Labute approximate surface area is 184 Å². The van der Waals surface area contributed by atoms with Crippen LogP contribution in [0.25, 0.3) is 5.57 Å². The van der Waals surface area contributed by atoms with E-state index in [-0.39, 0.29) is 41.3 Å². The number of hydrogen-bond acceptors (Lipinski definition) is 4. The first-order valence-corrected chi connectivity index (χ1v) is 11.7. The van der Waals surface area contributed by atoms with Crippen molar-refractivity contribution >= 4 is 27.0 Å². The fourth-order valence-corrected chi connectivity index (χ4v) is 4.36. The molecule has 3 rings (SSSR count). The number of amides is 1. The van der Waals surface area contributed by atoms with Crippen LogP contribution in [0.4, 0.5) is 18.9 Å². The van der Waals surface area contributed by atoms with E-state index in [0.29, 0.717) is 17.7 Å². The van der Waals surface area contributed by atoms with E-state index in [1.807, 2.05) is 0 Å². The number of halogens is 3. The summed E-state index contributed by atoms with van der Waals surface area (Å²) in [5.41, 5.74) is 0.484. The Morgan fingerprint density at radius 2 is 1.88 bits per heavy atom. The topological polar surface area (TPSA) is 88.4 Å². The molecule has 1 aromatic carbocycles. The summed E-state index contributed by atoms with van der Waals surface area (Å²) in [6.07, 6.45) is 1.08. The number of aromatic nitrogens is 1. The molecule has 1 aliphatic carbocycles.